The summed E-state index contributed by atoms with van der Waals surface area (Å²) in [6.45, 7) is 2.70. The first-order valence-electron chi connectivity index (χ1n) is 6.01. The van der Waals surface area contributed by atoms with E-state index in [0.29, 0.717) is 12.4 Å². The summed E-state index contributed by atoms with van der Waals surface area (Å²) in [5, 5.41) is 5.52. The van der Waals surface area contributed by atoms with Crippen molar-refractivity contribution in [1.29, 1.82) is 0 Å². The highest BCUT2D eigenvalue weighted by Gasteiger charge is 2.12. The lowest BCUT2D eigenvalue weighted by molar-refractivity contribution is 0.242. The monoisotopic (exact) mass is 226 g/mol. The number of amides is 2. The molecule has 16 heavy (non-hydrogen) atoms. The van der Waals surface area contributed by atoms with Crippen molar-refractivity contribution in [3.8, 4) is 0 Å². The predicted molar refractivity (Wildman–Crippen MR) is 64.3 cm³/mol. The molecule has 5 N–H and O–H groups in total. The maximum absolute atomic E-state index is 11.5. The molecule has 1 rings (SSSR count). The Morgan fingerprint density at radius 2 is 2.00 bits per heavy atom. The first-order chi connectivity index (χ1) is 7.77. The summed E-state index contributed by atoms with van der Waals surface area (Å²) in [6.07, 6.45) is 6.59. The number of rotatable bonds is 4. The van der Waals surface area contributed by atoms with Crippen LogP contribution >= 0.6 is 0 Å². The molecule has 1 fully saturated rings. The highest BCUT2D eigenvalue weighted by atomic mass is 16.2. The summed E-state index contributed by atoms with van der Waals surface area (Å²) in [5.41, 5.74) is 3.81. The SMILES string of the molecule is CCCNC(=O)NC(NN)=C1CCCCC1. The summed E-state index contributed by atoms with van der Waals surface area (Å²) in [7, 11) is 0. The lowest BCUT2D eigenvalue weighted by Crippen LogP contribution is -2.42. The average molecular weight is 226 g/mol. The van der Waals surface area contributed by atoms with Gasteiger partial charge < -0.3 is 10.7 Å². The number of urea groups is 1. The van der Waals surface area contributed by atoms with E-state index in [1.165, 1.54) is 24.8 Å². The van der Waals surface area contributed by atoms with Crippen LogP contribution in [0.4, 0.5) is 4.79 Å². The zero-order valence-electron chi connectivity index (χ0n) is 9.94. The van der Waals surface area contributed by atoms with Crippen LogP contribution < -0.4 is 21.9 Å². The molecule has 0 aromatic carbocycles. The number of hydrogen-bond donors (Lipinski definition) is 4. The zero-order chi connectivity index (χ0) is 11.8. The Morgan fingerprint density at radius 1 is 1.31 bits per heavy atom. The molecule has 2 amide bonds. The molecule has 0 heterocycles. The smallest absolute Gasteiger partial charge is 0.320 e. The third-order valence-corrected chi connectivity index (χ3v) is 2.73. The number of allylic oxidation sites excluding steroid dienone is 1. The lowest BCUT2D eigenvalue weighted by atomic mass is 9.95. The average Bonchev–Trinajstić information content (AvgIpc) is 2.34. The maximum atomic E-state index is 11.5. The highest BCUT2D eigenvalue weighted by Crippen LogP contribution is 2.23. The fraction of sp³-hybridized carbons (Fsp3) is 0.727. The maximum Gasteiger partial charge on any atom is 0.320 e. The van der Waals surface area contributed by atoms with E-state index >= 15 is 0 Å². The summed E-state index contributed by atoms with van der Waals surface area (Å²) in [6, 6.07) is -0.187. The van der Waals surface area contributed by atoms with Crippen LogP contribution in [0, 0.1) is 0 Å². The topological polar surface area (TPSA) is 79.2 Å². The van der Waals surface area contributed by atoms with Gasteiger partial charge in [-0.25, -0.2) is 10.6 Å². The van der Waals surface area contributed by atoms with Crippen LogP contribution in [-0.4, -0.2) is 12.6 Å². The minimum Gasteiger partial charge on any atom is -0.338 e. The number of hydrazine groups is 1. The van der Waals surface area contributed by atoms with E-state index in [1.807, 2.05) is 6.92 Å². The first-order valence-corrected chi connectivity index (χ1v) is 6.01. The molecule has 0 aromatic rings. The molecule has 0 bridgehead atoms. The second-order valence-electron chi connectivity index (χ2n) is 4.06. The minimum atomic E-state index is -0.187. The minimum absolute atomic E-state index is 0.187. The van der Waals surface area contributed by atoms with Crippen LogP contribution in [0.5, 0.6) is 0 Å². The third-order valence-electron chi connectivity index (χ3n) is 2.73. The van der Waals surface area contributed by atoms with Gasteiger partial charge in [-0.2, -0.15) is 0 Å². The first kappa shape index (κ1) is 12.8. The molecule has 0 unspecified atom stereocenters. The molecule has 1 aliphatic carbocycles. The molecule has 0 radical (unpaired) electrons. The fourth-order valence-electron chi connectivity index (χ4n) is 1.85. The number of nitrogens with one attached hydrogen (secondary N) is 3. The summed E-state index contributed by atoms with van der Waals surface area (Å²) < 4.78 is 0. The highest BCUT2D eigenvalue weighted by molar-refractivity contribution is 5.75. The Hall–Kier alpha value is -1.23. The number of nitrogens with two attached hydrogens (primary N) is 1. The van der Waals surface area contributed by atoms with Crippen LogP contribution in [0.3, 0.4) is 0 Å². The van der Waals surface area contributed by atoms with Crippen molar-refractivity contribution in [2.24, 2.45) is 5.84 Å². The van der Waals surface area contributed by atoms with Crippen LogP contribution in [0.25, 0.3) is 0 Å². The van der Waals surface area contributed by atoms with Gasteiger partial charge in [-0.3, -0.25) is 5.32 Å². The molecular formula is C11H22N4O. The van der Waals surface area contributed by atoms with Crippen molar-refractivity contribution in [2.75, 3.05) is 6.54 Å². The second-order valence-corrected chi connectivity index (χ2v) is 4.06. The van der Waals surface area contributed by atoms with E-state index in [2.05, 4.69) is 16.1 Å². The van der Waals surface area contributed by atoms with Gasteiger partial charge in [0.25, 0.3) is 0 Å². The quantitative estimate of drug-likeness (QED) is 0.431. The van der Waals surface area contributed by atoms with Crippen molar-refractivity contribution in [2.45, 2.75) is 45.4 Å². The van der Waals surface area contributed by atoms with Crippen LogP contribution in [0.15, 0.2) is 11.4 Å². The molecule has 1 saturated carbocycles. The van der Waals surface area contributed by atoms with E-state index in [1.54, 1.807) is 0 Å². The molecule has 0 saturated heterocycles. The molecule has 0 spiro atoms. The van der Waals surface area contributed by atoms with Gasteiger partial charge in [0.15, 0.2) is 0 Å². The molecule has 0 aromatic heterocycles. The standard InChI is InChI=1S/C11H22N4O/c1-2-8-13-11(16)14-10(15-12)9-6-4-3-5-7-9/h15H,2-8,12H2,1H3,(H2,13,14,16). The van der Waals surface area contributed by atoms with E-state index in [9.17, 15) is 4.79 Å². The van der Waals surface area contributed by atoms with Crippen molar-refractivity contribution in [1.82, 2.24) is 16.1 Å². The number of hydrogen-bond acceptors (Lipinski definition) is 3. The fourth-order valence-corrected chi connectivity index (χ4v) is 1.85. The third kappa shape index (κ3) is 4.10. The normalized spacial score (nSPS) is 15.5. The van der Waals surface area contributed by atoms with Gasteiger partial charge in [-0.1, -0.05) is 13.3 Å². The van der Waals surface area contributed by atoms with E-state index in [0.717, 1.165) is 19.3 Å². The lowest BCUT2D eigenvalue weighted by Gasteiger charge is -2.19. The molecule has 1 aliphatic rings. The van der Waals surface area contributed by atoms with E-state index < -0.39 is 0 Å². The van der Waals surface area contributed by atoms with Gasteiger partial charge in [0, 0.05) is 6.54 Å². The Kier molecular flexibility index (Phi) is 5.71. The molecule has 5 nitrogen and oxygen atoms in total. The molecule has 92 valence electrons. The Balaban J connectivity index is 2.49. The van der Waals surface area contributed by atoms with E-state index in [-0.39, 0.29) is 6.03 Å². The summed E-state index contributed by atoms with van der Waals surface area (Å²) >= 11 is 0. The van der Waals surface area contributed by atoms with Gasteiger partial charge in [0.1, 0.15) is 5.82 Å². The van der Waals surface area contributed by atoms with Crippen LogP contribution in [-0.2, 0) is 0 Å². The summed E-state index contributed by atoms with van der Waals surface area (Å²) in [5.74, 6) is 6.10. The summed E-state index contributed by atoms with van der Waals surface area (Å²) in [4.78, 5) is 11.5. The Morgan fingerprint density at radius 3 is 2.56 bits per heavy atom. The zero-order valence-corrected chi connectivity index (χ0v) is 9.94. The molecule has 0 atom stereocenters. The molecule has 0 aliphatic heterocycles. The number of carbonyl (C=O) groups excluding carboxylic acids is 1. The predicted octanol–water partition coefficient (Wildman–Crippen LogP) is 1.33. The van der Waals surface area contributed by atoms with Gasteiger partial charge in [0.05, 0.1) is 0 Å². The van der Waals surface area contributed by atoms with Crippen molar-refractivity contribution >= 4 is 6.03 Å². The van der Waals surface area contributed by atoms with Gasteiger partial charge in [-0.05, 0) is 37.7 Å². The molecular weight excluding hydrogens is 204 g/mol. The largest absolute Gasteiger partial charge is 0.338 e. The van der Waals surface area contributed by atoms with Gasteiger partial charge in [0.2, 0.25) is 0 Å². The Labute approximate surface area is 96.8 Å². The van der Waals surface area contributed by atoms with Gasteiger partial charge in [-0.15, -0.1) is 0 Å². The molecule has 5 heteroatoms. The van der Waals surface area contributed by atoms with Crippen LogP contribution in [0.2, 0.25) is 0 Å². The van der Waals surface area contributed by atoms with Crippen molar-refractivity contribution in [3.63, 3.8) is 0 Å². The van der Waals surface area contributed by atoms with Crippen LogP contribution in [0.1, 0.15) is 45.4 Å². The van der Waals surface area contributed by atoms with Crippen molar-refractivity contribution < 1.29 is 4.79 Å². The van der Waals surface area contributed by atoms with Crippen molar-refractivity contribution in [3.05, 3.63) is 11.4 Å². The Bertz CT molecular complexity index is 255. The van der Waals surface area contributed by atoms with E-state index in [4.69, 9.17) is 5.84 Å². The van der Waals surface area contributed by atoms with Gasteiger partial charge >= 0.3 is 6.03 Å². The number of carbonyl (C=O) groups is 1. The second kappa shape index (κ2) is 7.11.